The van der Waals surface area contributed by atoms with Crippen LogP contribution in [0.1, 0.15) is 6.92 Å². The van der Waals surface area contributed by atoms with Crippen LogP contribution in [0.4, 0.5) is 0 Å². The van der Waals surface area contributed by atoms with E-state index >= 15 is 0 Å². The molecule has 17 heavy (non-hydrogen) atoms. The van der Waals surface area contributed by atoms with E-state index in [1.807, 2.05) is 4.72 Å². The highest BCUT2D eigenvalue weighted by Gasteiger charge is 2.22. The number of esters is 1. The number of carbonyl (C=O) groups excluding carboxylic acids is 1. The summed E-state index contributed by atoms with van der Waals surface area (Å²) >= 11 is 0. The Kier molecular flexibility index (Phi) is 6.69. The highest BCUT2D eigenvalue weighted by atomic mass is 32.2. The van der Waals surface area contributed by atoms with Crippen molar-refractivity contribution in [3.8, 4) is 0 Å². The SMILES string of the molecule is CCOC(=O)CS(=O)(=O)NCC(OC)C(=O)O. The van der Waals surface area contributed by atoms with Crippen molar-refractivity contribution in [2.45, 2.75) is 13.0 Å². The molecule has 0 heterocycles. The summed E-state index contributed by atoms with van der Waals surface area (Å²) in [4.78, 5) is 21.4. The lowest BCUT2D eigenvalue weighted by Crippen LogP contribution is -2.40. The van der Waals surface area contributed by atoms with Crippen molar-refractivity contribution in [3.63, 3.8) is 0 Å². The van der Waals surface area contributed by atoms with Gasteiger partial charge in [0, 0.05) is 13.7 Å². The van der Waals surface area contributed by atoms with Crippen LogP contribution in [0.2, 0.25) is 0 Å². The first-order valence-electron chi connectivity index (χ1n) is 4.71. The molecule has 2 N–H and O–H groups in total. The number of carbonyl (C=O) groups is 2. The molecule has 0 radical (unpaired) electrons. The van der Waals surface area contributed by atoms with Gasteiger partial charge in [-0.15, -0.1) is 0 Å². The minimum atomic E-state index is -3.91. The molecule has 8 nitrogen and oxygen atoms in total. The van der Waals surface area contributed by atoms with Gasteiger partial charge >= 0.3 is 11.9 Å². The summed E-state index contributed by atoms with van der Waals surface area (Å²) in [6, 6.07) is 0. The lowest BCUT2D eigenvalue weighted by Gasteiger charge is -2.11. The third-order valence-corrected chi connectivity index (χ3v) is 2.88. The average molecular weight is 269 g/mol. The molecule has 0 saturated heterocycles. The van der Waals surface area contributed by atoms with Crippen LogP contribution in [-0.4, -0.2) is 57.6 Å². The van der Waals surface area contributed by atoms with Crippen LogP contribution >= 0.6 is 0 Å². The van der Waals surface area contributed by atoms with Gasteiger partial charge in [0.15, 0.2) is 11.9 Å². The molecular formula is C8H15NO7S. The Morgan fingerprint density at radius 3 is 2.41 bits per heavy atom. The molecule has 0 aliphatic carbocycles. The summed E-state index contributed by atoms with van der Waals surface area (Å²) in [5, 5.41) is 8.58. The van der Waals surface area contributed by atoms with E-state index in [9.17, 15) is 18.0 Å². The molecule has 1 atom stereocenters. The third-order valence-electron chi connectivity index (χ3n) is 1.66. The number of carboxylic acid groups (broad SMARTS) is 1. The number of hydrogen-bond acceptors (Lipinski definition) is 6. The second-order valence-electron chi connectivity index (χ2n) is 2.98. The summed E-state index contributed by atoms with van der Waals surface area (Å²) in [5.41, 5.74) is 0. The van der Waals surface area contributed by atoms with E-state index in [1.165, 1.54) is 0 Å². The number of rotatable bonds is 8. The lowest BCUT2D eigenvalue weighted by molar-refractivity contribution is -0.147. The molecule has 0 bridgehead atoms. The molecule has 0 aliphatic rings. The summed E-state index contributed by atoms with van der Waals surface area (Å²) < 4.78 is 33.5. The zero-order valence-corrected chi connectivity index (χ0v) is 10.3. The highest BCUT2D eigenvalue weighted by molar-refractivity contribution is 7.90. The van der Waals surface area contributed by atoms with Gasteiger partial charge in [-0.25, -0.2) is 17.9 Å². The third kappa shape index (κ3) is 6.87. The fourth-order valence-corrected chi connectivity index (χ4v) is 1.78. The van der Waals surface area contributed by atoms with E-state index in [1.54, 1.807) is 6.92 Å². The molecule has 9 heteroatoms. The summed E-state index contributed by atoms with van der Waals surface area (Å²) in [6.07, 6.45) is -1.30. The number of nitrogens with one attached hydrogen (secondary N) is 1. The van der Waals surface area contributed by atoms with Crippen LogP contribution in [-0.2, 0) is 29.1 Å². The highest BCUT2D eigenvalue weighted by Crippen LogP contribution is 1.92. The van der Waals surface area contributed by atoms with Gasteiger partial charge < -0.3 is 14.6 Å². The van der Waals surface area contributed by atoms with Gasteiger partial charge in [-0.05, 0) is 6.92 Å². The predicted octanol–water partition coefficient (Wildman–Crippen LogP) is -1.43. The smallest absolute Gasteiger partial charge is 0.334 e. The first-order valence-corrected chi connectivity index (χ1v) is 6.36. The van der Waals surface area contributed by atoms with Crippen LogP contribution in [0.15, 0.2) is 0 Å². The molecule has 0 aliphatic heterocycles. The fourth-order valence-electron chi connectivity index (χ4n) is 0.883. The Morgan fingerprint density at radius 2 is 2.00 bits per heavy atom. The van der Waals surface area contributed by atoms with Crippen molar-refractivity contribution < 1.29 is 32.6 Å². The van der Waals surface area contributed by atoms with E-state index in [0.717, 1.165) is 7.11 Å². The quantitative estimate of drug-likeness (QED) is 0.518. The van der Waals surface area contributed by atoms with Crippen LogP contribution in [0.5, 0.6) is 0 Å². The molecule has 0 fully saturated rings. The Hall–Kier alpha value is -1.19. The van der Waals surface area contributed by atoms with Crippen molar-refractivity contribution in [2.75, 3.05) is 26.0 Å². The van der Waals surface area contributed by atoms with Crippen LogP contribution in [0.25, 0.3) is 0 Å². The monoisotopic (exact) mass is 269 g/mol. The Balaban J connectivity index is 4.27. The second kappa shape index (κ2) is 7.20. The van der Waals surface area contributed by atoms with Gasteiger partial charge in [0.2, 0.25) is 10.0 Å². The molecule has 0 aromatic rings. The summed E-state index contributed by atoms with van der Waals surface area (Å²) in [6.45, 7) is 1.17. The van der Waals surface area contributed by atoms with E-state index in [2.05, 4.69) is 9.47 Å². The minimum absolute atomic E-state index is 0.0736. The van der Waals surface area contributed by atoms with Crippen LogP contribution < -0.4 is 4.72 Å². The van der Waals surface area contributed by atoms with Crippen LogP contribution in [0, 0.1) is 0 Å². The maximum absolute atomic E-state index is 11.3. The Morgan fingerprint density at radius 1 is 1.41 bits per heavy atom. The number of sulfonamides is 1. The molecule has 0 amide bonds. The molecule has 0 spiro atoms. The lowest BCUT2D eigenvalue weighted by atomic mass is 10.4. The van der Waals surface area contributed by atoms with Gasteiger partial charge in [0.1, 0.15) is 0 Å². The van der Waals surface area contributed by atoms with Gasteiger partial charge in [0.05, 0.1) is 6.61 Å². The number of ether oxygens (including phenoxy) is 2. The minimum Gasteiger partial charge on any atom is -0.479 e. The van der Waals surface area contributed by atoms with E-state index in [4.69, 9.17) is 5.11 Å². The van der Waals surface area contributed by atoms with Gasteiger partial charge in [0.25, 0.3) is 0 Å². The maximum Gasteiger partial charge on any atom is 0.334 e. The first-order chi connectivity index (χ1) is 7.82. The van der Waals surface area contributed by atoms with Crippen molar-refractivity contribution in [1.29, 1.82) is 0 Å². The second-order valence-corrected chi connectivity index (χ2v) is 4.78. The van der Waals surface area contributed by atoms with Crippen LogP contribution in [0.3, 0.4) is 0 Å². The number of hydrogen-bond donors (Lipinski definition) is 2. The molecular weight excluding hydrogens is 254 g/mol. The summed E-state index contributed by atoms with van der Waals surface area (Å²) in [7, 11) is -2.77. The van der Waals surface area contributed by atoms with Gasteiger partial charge in [-0.3, -0.25) is 4.79 Å². The molecule has 0 aromatic carbocycles. The topological polar surface area (TPSA) is 119 Å². The molecule has 0 aromatic heterocycles. The van der Waals surface area contributed by atoms with E-state index in [-0.39, 0.29) is 6.61 Å². The normalized spacial score (nSPS) is 13.1. The standard InChI is InChI=1S/C8H15NO7S/c1-3-16-7(10)5-17(13,14)9-4-6(15-2)8(11)12/h6,9H,3-5H2,1-2H3,(H,11,12). The number of carboxylic acids is 1. The van der Waals surface area contributed by atoms with Crippen molar-refractivity contribution >= 4 is 22.0 Å². The number of methoxy groups -OCH3 is 1. The maximum atomic E-state index is 11.3. The molecule has 0 rings (SSSR count). The molecule has 100 valence electrons. The Bertz CT molecular complexity index is 364. The fraction of sp³-hybridized carbons (Fsp3) is 0.750. The zero-order valence-electron chi connectivity index (χ0n) is 9.50. The Labute approximate surface area is 98.9 Å². The van der Waals surface area contributed by atoms with Crippen molar-refractivity contribution in [1.82, 2.24) is 4.72 Å². The predicted molar refractivity (Wildman–Crippen MR) is 56.9 cm³/mol. The zero-order chi connectivity index (χ0) is 13.5. The van der Waals surface area contributed by atoms with E-state index in [0.29, 0.717) is 0 Å². The number of aliphatic carboxylic acids is 1. The summed E-state index contributed by atoms with van der Waals surface area (Å²) in [5.74, 6) is -3.05. The first kappa shape index (κ1) is 15.8. The molecule has 1 unspecified atom stereocenters. The largest absolute Gasteiger partial charge is 0.479 e. The van der Waals surface area contributed by atoms with E-state index < -0.39 is 40.4 Å². The van der Waals surface area contributed by atoms with Gasteiger partial charge in [-0.1, -0.05) is 0 Å². The van der Waals surface area contributed by atoms with Crippen molar-refractivity contribution in [2.24, 2.45) is 0 Å². The van der Waals surface area contributed by atoms with Crippen molar-refractivity contribution in [3.05, 3.63) is 0 Å². The average Bonchev–Trinajstić information content (AvgIpc) is 2.17. The molecule has 0 saturated carbocycles. The van der Waals surface area contributed by atoms with Gasteiger partial charge in [-0.2, -0.15) is 0 Å².